The molecule has 4 nitrogen and oxygen atoms in total. The predicted octanol–water partition coefficient (Wildman–Crippen LogP) is 1.04. The van der Waals surface area contributed by atoms with Gasteiger partial charge in [0.25, 0.3) is 5.91 Å². The first-order valence-electron chi connectivity index (χ1n) is 5.76. The summed E-state index contributed by atoms with van der Waals surface area (Å²) < 4.78 is 0. The van der Waals surface area contributed by atoms with Crippen molar-refractivity contribution in [3.63, 3.8) is 0 Å². The molecular weight excluding hydrogens is 216 g/mol. The summed E-state index contributed by atoms with van der Waals surface area (Å²) in [6.45, 7) is 0.595. The summed E-state index contributed by atoms with van der Waals surface area (Å²) in [6.07, 6.45) is 1.23. The van der Waals surface area contributed by atoms with Crippen molar-refractivity contribution in [1.82, 2.24) is 10.2 Å². The van der Waals surface area contributed by atoms with E-state index in [4.69, 9.17) is 0 Å². The van der Waals surface area contributed by atoms with Gasteiger partial charge >= 0.3 is 0 Å². The molecule has 0 spiro atoms. The number of carbonyl (C=O) groups is 2. The van der Waals surface area contributed by atoms with Crippen molar-refractivity contribution in [2.75, 3.05) is 13.6 Å². The Hall–Kier alpha value is -1.84. The van der Waals surface area contributed by atoms with Gasteiger partial charge in [-0.3, -0.25) is 9.59 Å². The minimum Gasteiger partial charge on any atom is -0.348 e. The van der Waals surface area contributed by atoms with E-state index in [1.54, 1.807) is 24.1 Å². The molecule has 1 atom stereocenters. The molecule has 4 heteroatoms. The Morgan fingerprint density at radius 1 is 1.35 bits per heavy atom. The highest BCUT2D eigenvalue weighted by Crippen LogP contribution is 2.10. The van der Waals surface area contributed by atoms with Gasteiger partial charge in [0.15, 0.2) is 0 Å². The summed E-state index contributed by atoms with van der Waals surface area (Å²) in [7, 11) is 1.77. The van der Waals surface area contributed by atoms with Gasteiger partial charge in [0.2, 0.25) is 5.91 Å². The monoisotopic (exact) mass is 232 g/mol. The van der Waals surface area contributed by atoms with Crippen molar-refractivity contribution < 1.29 is 9.59 Å². The second-order valence-corrected chi connectivity index (χ2v) is 4.35. The van der Waals surface area contributed by atoms with E-state index >= 15 is 0 Å². The van der Waals surface area contributed by atoms with Crippen LogP contribution in [0.3, 0.4) is 0 Å². The molecular formula is C13H16N2O2. The molecule has 0 saturated carbocycles. The van der Waals surface area contributed by atoms with Gasteiger partial charge in [-0.25, -0.2) is 0 Å². The minimum absolute atomic E-state index is 0.0606. The highest BCUT2D eigenvalue weighted by Gasteiger charge is 2.24. The first-order valence-corrected chi connectivity index (χ1v) is 5.76. The lowest BCUT2D eigenvalue weighted by molar-refractivity contribution is -0.132. The molecule has 1 unspecified atom stereocenters. The Bertz CT molecular complexity index is 417. The smallest absolute Gasteiger partial charge is 0.251 e. The predicted molar refractivity (Wildman–Crippen MR) is 64.6 cm³/mol. The number of carbonyl (C=O) groups excluding carboxylic acids is 2. The molecule has 90 valence electrons. The van der Waals surface area contributed by atoms with Gasteiger partial charge < -0.3 is 10.2 Å². The quantitative estimate of drug-likeness (QED) is 0.828. The second-order valence-electron chi connectivity index (χ2n) is 4.35. The van der Waals surface area contributed by atoms with E-state index in [1.165, 1.54) is 0 Å². The fraction of sp³-hybridized carbons (Fsp3) is 0.385. The second kappa shape index (κ2) is 4.99. The molecule has 1 N–H and O–H groups in total. The Balaban J connectivity index is 1.94. The maximum Gasteiger partial charge on any atom is 0.251 e. The molecule has 1 aromatic carbocycles. The average Bonchev–Trinajstić information content (AvgIpc) is 2.35. The number of nitrogens with one attached hydrogen (secondary N) is 1. The molecule has 1 heterocycles. The number of piperidine rings is 1. The fourth-order valence-electron chi connectivity index (χ4n) is 1.99. The van der Waals surface area contributed by atoms with Crippen molar-refractivity contribution in [2.45, 2.75) is 18.9 Å². The van der Waals surface area contributed by atoms with Crippen LogP contribution in [0.15, 0.2) is 30.3 Å². The Morgan fingerprint density at radius 3 is 2.71 bits per heavy atom. The van der Waals surface area contributed by atoms with Crippen molar-refractivity contribution in [3.8, 4) is 0 Å². The molecule has 1 saturated heterocycles. The third kappa shape index (κ3) is 2.84. The van der Waals surface area contributed by atoms with Crippen molar-refractivity contribution >= 4 is 11.8 Å². The lowest BCUT2D eigenvalue weighted by Gasteiger charge is -2.30. The van der Waals surface area contributed by atoms with Gasteiger partial charge in [-0.1, -0.05) is 18.2 Å². The third-order valence-corrected chi connectivity index (χ3v) is 3.00. The molecule has 0 aromatic heterocycles. The number of likely N-dealkylation sites (tertiary alicyclic amines) is 1. The number of rotatable bonds is 2. The third-order valence-electron chi connectivity index (χ3n) is 3.00. The maximum absolute atomic E-state index is 11.9. The lowest BCUT2D eigenvalue weighted by Crippen LogP contribution is -2.48. The van der Waals surface area contributed by atoms with Crippen molar-refractivity contribution in [1.29, 1.82) is 0 Å². The van der Waals surface area contributed by atoms with E-state index in [2.05, 4.69) is 5.32 Å². The van der Waals surface area contributed by atoms with Crippen LogP contribution in [0.4, 0.5) is 0 Å². The first-order chi connectivity index (χ1) is 8.16. The van der Waals surface area contributed by atoms with E-state index < -0.39 is 0 Å². The van der Waals surface area contributed by atoms with Crippen LogP contribution in [0.2, 0.25) is 0 Å². The van der Waals surface area contributed by atoms with E-state index in [0.29, 0.717) is 18.5 Å². The fourth-order valence-corrected chi connectivity index (χ4v) is 1.99. The number of likely N-dealkylation sites (N-methyl/N-ethyl adjacent to an activating group) is 1. The zero-order valence-corrected chi connectivity index (χ0v) is 9.85. The van der Waals surface area contributed by atoms with Crippen LogP contribution in [-0.4, -0.2) is 36.3 Å². The van der Waals surface area contributed by atoms with Crippen LogP contribution in [0.5, 0.6) is 0 Å². The summed E-state index contributed by atoms with van der Waals surface area (Å²) in [4.78, 5) is 24.9. The normalized spacial score (nSPS) is 20.2. The van der Waals surface area contributed by atoms with Gasteiger partial charge in [0.05, 0.1) is 0 Å². The molecule has 1 aliphatic heterocycles. The molecule has 0 radical (unpaired) electrons. The average molecular weight is 232 g/mol. The molecule has 1 aromatic rings. The standard InChI is InChI=1S/C13H16N2O2/c1-15-9-11(7-8-12(15)16)14-13(17)10-5-3-2-4-6-10/h2-6,11H,7-9H2,1H3,(H,14,17). The summed E-state index contributed by atoms with van der Waals surface area (Å²) in [5, 5.41) is 2.95. The lowest BCUT2D eigenvalue weighted by atomic mass is 10.1. The van der Waals surface area contributed by atoms with Gasteiger partial charge in [0, 0.05) is 31.6 Å². The van der Waals surface area contributed by atoms with Crippen molar-refractivity contribution in [2.24, 2.45) is 0 Å². The molecule has 2 rings (SSSR count). The number of hydrogen-bond donors (Lipinski definition) is 1. The molecule has 1 fully saturated rings. The molecule has 0 bridgehead atoms. The van der Waals surface area contributed by atoms with Crippen LogP contribution >= 0.6 is 0 Å². The number of amides is 2. The van der Waals surface area contributed by atoms with Crippen LogP contribution in [0.25, 0.3) is 0 Å². The zero-order valence-electron chi connectivity index (χ0n) is 9.85. The Labute approximate surface area is 101 Å². The molecule has 0 aliphatic carbocycles. The highest BCUT2D eigenvalue weighted by atomic mass is 16.2. The highest BCUT2D eigenvalue weighted by molar-refractivity contribution is 5.94. The largest absolute Gasteiger partial charge is 0.348 e. The number of benzene rings is 1. The topological polar surface area (TPSA) is 49.4 Å². The van der Waals surface area contributed by atoms with Gasteiger partial charge in [-0.2, -0.15) is 0 Å². The van der Waals surface area contributed by atoms with E-state index in [0.717, 1.165) is 6.42 Å². The van der Waals surface area contributed by atoms with Gasteiger partial charge in [0.1, 0.15) is 0 Å². The molecule has 17 heavy (non-hydrogen) atoms. The summed E-state index contributed by atoms with van der Waals surface area (Å²) in [6, 6.07) is 9.19. The maximum atomic E-state index is 11.9. The summed E-state index contributed by atoms with van der Waals surface area (Å²) >= 11 is 0. The minimum atomic E-state index is -0.0710. The number of nitrogens with zero attached hydrogens (tertiary/aromatic N) is 1. The molecule has 1 aliphatic rings. The van der Waals surface area contributed by atoms with Crippen LogP contribution in [-0.2, 0) is 4.79 Å². The van der Waals surface area contributed by atoms with E-state index in [1.807, 2.05) is 18.2 Å². The molecule has 2 amide bonds. The first kappa shape index (κ1) is 11.6. The van der Waals surface area contributed by atoms with E-state index in [9.17, 15) is 9.59 Å². The van der Waals surface area contributed by atoms with Gasteiger partial charge in [-0.15, -0.1) is 0 Å². The number of hydrogen-bond acceptors (Lipinski definition) is 2. The van der Waals surface area contributed by atoms with Gasteiger partial charge in [-0.05, 0) is 18.6 Å². The van der Waals surface area contributed by atoms with Crippen LogP contribution in [0.1, 0.15) is 23.2 Å². The van der Waals surface area contributed by atoms with Crippen molar-refractivity contribution in [3.05, 3.63) is 35.9 Å². The van der Waals surface area contributed by atoms with Crippen LogP contribution < -0.4 is 5.32 Å². The summed E-state index contributed by atoms with van der Waals surface area (Å²) in [5.74, 6) is 0.0774. The Kier molecular flexibility index (Phi) is 3.42. The van der Waals surface area contributed by atoms with E-state index in [-0.39, 0.29) is 17.9 Å². The zero-order chi connectivity index (χ0) is 12.3. The Morgan fingerprint density at radius 2 is 2.06 bits per heavy atom. The summed E-state index contributed by atoms with van der Waals surface area (Å²) in [5.41, 5.74) is 0.659. The SMILES string of the molecule is CN1CC(NC(=O)c2ccccc2)CCC1=O. The van der Waals surface area contributed by atoms with Crippen LogP contribution in [0, 0.1) is 0 Å².